The van der Waals surface area contributed by atoms with Crippen LogP contribution in [-0.4, -0.2) is 56.3 Å². The number of hydrogen-bond donors (Lipinski definition) is 1. The van der Waals surface area contributed by atoms with Crippen LogP contribution in [0.3, 0.4) is 0 Å². The Bertz CT molecular complexity index is 1060. The zero-order valence-electron chi connectivity index (χ0n) is 18.0. The first kappa shape index (κ1) is 20.4. The highest BCUT2D eigenvalue weighted by molar-refractivity contribution is 5.99. The van der Waals surface area contributed by atoms with E-state index in [9.17, 15) is 9.59 Å². The van der Waals surface area contributed by atoms with Crippen molar-refractivity contribution in [2.24, 2.45) is 11.8 Å². The Labute approximate surface area is 184 Å². The Balaban J connectivity index is 1.39. The summed E-state index contributed by atoms with van der Waals surface area (Å²) in [7, 11) is 4.52. The lowest BCUT2D eigenvalue weighted by Gasteiger charge is -2.23. The van der Waals surface area contributed by atoms with E-state index in [0.29, 0.717) is 41.8 Å². The molecule has 2 saturated heterocycles. The fourth-order valence-electron chi connectivity index (χ4n) is 4.98. The van der Waals surface area contributed by atoms with E-state index in [4.69, 9.17) is 23.4 Å². The molecule has 2 aromatic rings. The molecular formula is C23H24N2O7. The highest BCUT2D eigenvalue weighted by Crippen LogP contribution is 2.52. The lowest BCUT2D eigenvalue weighted by Crippen LogP contribution is -2.41. The van der Waals surface area contributed by atoms with E-state index in [2.05, 4.69) is 5.32 Å². The number of nitrogens with one attached hydrogen (secondary N) is 1. The van der Waals surface area contributed by atoms with Gasteiger partial charge in [0.15, 0.2) is 11.5 Å². The molecular weight excluding hydrogens is 416 g/mol. The summed E-state index contributed by atoms with van der Waals surface area (Å²) < 4.78 is 27.6. The number of hydrogen-bond acceptors (Lipinski definition) is 7. The minimum atomic E-state index is -0.786. The minimum Gasteiger partial charge on any atom is -0.493 e. The number of amides is 2. The summed E-state index contributed by atoms with van der Waals surface area (Å²) in [6.45, 7) is 0.728. The van der Waals surface area contributed by atoms with Crippen LogP contribution >= 0.6 is 0 Å². The zero-order chi connectivity index (χ0) is 22.5. The SMILES string of the molecule is COc1cc(NC(=O)[C@H]2[C@H]3C(=O)N(Cc4ccco4)C[C@@]34C=C[C@H]2O4)cc(OC)c1OC. The van der Waals surface area contributed by atoms with Crippen LogP contribution < -0.4 is 19.5 Å². The third kappa shape index (κ3) is 3.03. The van der Waals surface area contributed by atoms with E-state index >= 15 is 0 Å². The van der Waals surface area contributed by atoms with Gasteiger partial charge in [-0.05, 0) is 12.1 Å². The normalized spacial score (nSPS) is 27.5. The topological polar surface area (TPSA) is 99.5 Å². The molecule has 4 atom stereocenters. The molecule has 5 rings (SSSR count). The van der Waals surface area contributed by atoms with E-state index in [1.807, 2.05) is 18.2 Å². The number of rotatable bonds is 7. The van der Waals surface area contributed by atoms with Crippen LogP contribution in [0.5, 0.6) is 17.2 Å². The first-order chi connectivity index (χ1) is 15.5. The number of anilines is 1. The number of fused-ring (bicyclic) bond motifs is 1. The predicted octanol–water partition coefficient (Wildman–Crippen LogP) is 2.23. The van der Waals surface area contributed by atoms with Crippen LogP contribution in [-0.2, 0) is 20.9 Å². The minimum absolute atomic E-state index is 0.113. The molecule has 168 valence electrons. The van der Waals surface area contributed by atoms with E-state index in [1.165, 1.54) is 21.3 Å². The summed E-state index contributed by atoms with van der Waals surface area (Å²) in [5.74, 6) is 0.313. The van der Waals surface area contributed by atoms with E-state index in [1.54, 1.807) is 29.4 Å². The van der Waals surface area contributed by atoms with Crippen molar-refractivity contribution in [1.82, 2.24) is 4.90 Å². The van der Waals surface area contributed by atoms with Crippen molar-refractivity contribution in [1.29, 1.82) is 0 Å². The van der Waals surface area contributed by atoms with Gasteiger partial charge in [0.05, 0.1) is 58.6 Å². The van der Waals surface area contributed by atoms with Gasteiger partial charge in [-0.25, -0.2) is 0 Å². The van der Waals surface area contributed by atoms with Gasteiger partial charge < -0.3 is 33.6 Å². The second kappa shape index (κ2) is 7.59. The average molecular weight is 440 g/mol. The van der Waals surface area contributed by atoms with E-state index < -0.39 is 23.5 Å². The van der Waals surface area contributed by atoms with Gasteiger partial charge in [0.1, 0.15) is 11.4 Å². The van der Waals surface area contributed by atoms with Gasteiger partial charge in [-0.3, -0.25) is 9.59 Å². The number of benzene rings is 1. The highest BCUT2D eigenvalue weighted by Gasteiger charge is 2.66. The first-order valence-corrected chi connectivity index (χ1v) is 10.3. The van der Waals surface area contributed by atoms with Crippen molar-refractivity contribution in [2.75, 3.05) is 33.2 Å². The Morgan fingerprint density at radius 2 is 1.97 bits per heavy atom. The Morgan fingerprint density at radius 3 is 2.59 bits per heavy atom. The molecule has 2 fully saturated rings. The summed E-state index contributed by atoms with van der Waals surface area (Å²) in [6, 6.07) is 6.91. The molecule has 3 aliphatic heterocycles. The largest absolute Gasteiger partial charge is 0.493 e. The van der Waals surface area contributed by atoms with Crippen LogP contribution in [0.25, 0.3) is 0 Å². The van der Waals surface area contributed by atoms with E-state index in [0.717, 1.165) is 0 Å². The Kier molecular flexibility index (Phi) is 4.85. The molecule has 1 aromatic heterocycles. The smallest absolute Gasteiger partial charge is 0.231 e. The number of carbonyl (C=O) groups excluding carboxylic acids is 2. The lowest BCUT2D eigenvalue weighted by molar-refractivity contribution is -0.136. The summed E-state index contributed by atoms with van der Waals surface area (Å²) in [4.78, 5) is 28.3. The van der Waals surface area contributed by atoms with Crippen LogP contribution in [0.2, 0.25) is 0 Å². The molecule has 2 bridgehead atoms. The third-order valence-electron chi connectivity index (χ3n) is 6.34. The maximum absolute atomic E-state index is 13.3. The van der Waals surface area contributed by atoms with Gasteiger partial charge in [0.25, 0.3) is 0 Å². The lowest BCUT2D eigenvalue weighted by atomic mass is 9.77. The van der Waals surface area contributed by atoms with Crippen molar-refractivity contribution in [3.63, 3.8) is 0 Å². The molecule has 1 spiro atoms. The molecule has 9 heteroatoms. The van der Waals surface area contributed by atoms with Crippen molar-refractivity contribution >= 4 is 17.5 Å². The van der Waals surface area contributed by atoms with E-state index in [-0.39, 0.29) is 11.8 Å². The fourth-order valence-corrected chi connectivity index (χ4v) is 4.98. The van der Waals surface area contributed by atoms with Gasteiger partial charge >= 0.3 is 0 Å². The molecule has 4 heterocycles. The molecule has 3 aliphatic rings. The quantitative estimate of drug-likeness (QED) is 0.659. The Morgan fingerprint density at radius 1 is 1.22 bits per heavy atom. The standard InChI is InChI=1S/C23H24N2O7/c1-28-16-9-13(10-17(29-2)20(16)30-3)24-21(26)18-15-6-7-23(32-15)12-25(22(27)19(18)23)11-14-5-4-8-31-14/h4-10,15,18-19H,11-12H2,1-3H3,(H,24,26)/t15-,18-,19+,23+/m1/s1. The number of ether oxygens (including phenoxy) is 4. The van der Waals surface area contributed by atoms with Crippen molar-refractivity contribution in [3.8, 4) is 17.2 Å². The fraction of sp³-hybridized carbons (Fsp3) is 0.391. The number of methoxy groups -OCH3 is 3. The van der Waals surface area contributed by atoms with Gasteiger partial charge in [0, 0.05) is 17.8 Å². The third-order valence-corrected chi connectivity index (χ3v) is 6.34. The molecule has 9 nitrogen and oxygen atoms in total. The van der Waals surface area contributed by atoms with Gasteiger partial charge in [-0.1, -0.05) is 12.2 Å². The maximum atomic E-state index is 13.3. The molecule has 1 aromatic carbocycles. The average Bonchev–Trinajstić information content (AvgIpc) is 3.56. The summed E-state index contributed by atoms with van der Waals surface area (Å²) in [5.41, 5.74) is -0.311. The molecule has 1 N–H and O–H groups in total. The van der Waals surface area contributed by atoms with Crippen molar-refractivity contribution < 1.29 is 33.0 Å². The molecule has 0 unspecified atom stereocenters. The highest BCUT2D eigenvalue weighted by atomic mass is 16.5. The predicted molar refractivity (Wildman–Crippen MR) is 113 cm³/mol. The van der Waals surface area contributed by atoms with Gasteiger partial charge in [0.2, 0.25) is 17.6 Å². The number of likely N-dealkylation sites (tertiary alicyclic amines) is 1. The van der Waals surface area contributed by atoms with Gasteiger partial charge in [-0.2, -0.15) is 0 Å². The molecule has 32 heavy (non-hydrogen) atoms. The number of carbonyl (C=O) groups is 2. The summed E-state index contributed by atoms with van der Waals surface area (Å²) >= 11 is 0. The summed E-state index contributed by atoms with van der Waals surface area (Å²) in [5, 5.41) is 2.90. The monoisotopic (exact) mass is 440 g/mol. The van der Waals surface area contributed by atoms with Gasteiger partial charge in [-0.15, -0.1) is 0 Å². The van der Waals surface area contributed by atoms with Crippen LogP contribution in [0.1, 0.15) is 5.76 Å². The number of furan rings is 1. The molecule has 0 aliphatic carbocycles. The summed E-state index contributed by atoms with van der Waals surface area (Å²) in [6.07, 6.45) is 4.92. The second-order valence-corrected chi connectivity index (χ2v) is 8.08. The van der Waals surface area contributed by atoms with Crippen molar-refractivity contribution in [3.05, 3.63) is 48.4 Å². The van der Waals surface area contributed by atoms with Crippen molar-refractivity contribution in [2.45, 2.75) is 18.2 Å². The van der Waals surface area contributed by atoms with Crippen LogP contribution in [0, 0.1) is 11.8 Å². The van der Waals surface area contributed by atoms with Crippen LogP contribution in [0.4, 0.5) is 5.69 Å². The molecule has 0 saturated carbocycles. The number of nitrogens with zero attached hydrogens (tertiary/aromatic N) is 1. The van der Waals surface area contributed by atoms with Crippen LogP contribution in [0.15, 0.2) is 47.1 Å². The maximum Gasteiger partial charge on any atom is 0.231 e. The molecule has 0 radical (unpaired) electrons. The zero-order valence-corrected chi connectivity index (χ0v) is 18.0. The Hall–Kier alpha value is -3.46. The first-order valence-electron chi connectivity index (χ1n) is 10.3. The second-order valence-electron chi connectivity index (χ2n) is 8.08. The molecule has 2 amide bonds.